The Morgan fingerprint density at radius 3 is 2.48 bits per heavy atom. The standard InChI is InChI=1S/C20H23N3O2/c1-14(2)21-20(25)22-17-10-6-9-16(13-17)19(24)23-12-11-18(23)15-7-4-3-5-8-15/h3-10,13-14,18H,11-12H2,1-2H3,(H2,21,22,25)/t18-/m1/s1. The van der Waals surface area contributed by atoms with Crippen LogP contribution >= 0.6 is 0 Å². The van der Waals surface area contributed by atoms with Gasteiger partial charge in [0.1, 0.15) is 0 Å². The van der Waals surface area contributed by atoms with Crippen molar-refractivity contribution >= 4 is 17.6 Å². The minimum Gasteiger partial charge on any atom is -0.336 e. The number of hydrogen-bond acceptors (Lipinski definition) is 2. The second kappa shape index (κ2) is 7.38. The number of hydrogen-bond donors (Lipinski definition) is 2. The molecule has 0 radical (unpaired) electrons. The van der Waals surface area contributed by atoms with Crippen molar-refractivity contribution < 1.29 is 9.59 Å². The summed E-state index contributed by atoms with van der Waals surface area (Å²) in [5.74, 6) is -0.00646. The first-order chi connectivity index (χ1) is 12.0. The van der Waals surface area contributed by atoms with E-state index in [0.29, 0.717) is 11.3 Å². The van der Waals surface area contributed by atoms with E-state index < -0.39 is 0 Å². The number of benzene rings is 2. The number of amides is 3. The maximum atomic E-state index is 12.8. The van der Waals surface area contributed by atoms with Crippen LogP contribution in [0.2, 0.25) is 0 Å². The van der Waals surface area contributed by atoms with E-state index in [0.717, 1.165) is 18.5 Å². The Kier molecular flexibility index (Phi) is 5.03. The molecule has 130 valence electrons. The summed E-state index contributed by atoms with van der Waals surface area (Å²) in [7, 11) is 0. The van der Waals surface area contributed by atoms with Crippen molar-refractivity contribution in [2.45, 2.75) is 32.4 Å². The summed E-state index contributed by atoms with van der Waals surface area (Å²) in [6.07, 6.45) is 0.977. The van der Waals surface area contributed by atoms with Gasteiger partial charge in [-0.25, -0.2) is 4.79 Å². The fourth-order valence-electron chi connectivity index (χ4n) is 2.98. The Morgan fingerprint density at radius 2 is 1.84 bits per heavy atom. The number of rotatable bonds is 4. The highest BCUT2D eigenvalue weighted by Crippen LogP contribution is 2.34. The van der Waals surface area contributed by atoms with Crippen LogP contribution in [0.3, 0.4) is 0 Å². The summed E-state index contributed by atoms with van der Waals surface area (Å²) in [5.41, 5.74) is 2.36. The second-order valence-corrected chi connectivity index (χ2v) is 6.55. The Balaban J connectivity index is 1.70. The average molecular weight is 337 g/mol. The molecule has 2 aromatic carbocycles. The number of carbonyl (C=O) groups excluding carboxylic acids is 2. The first-order valence-electron chi connectivity index (χ1n) is 8.58. The minimum atomic E-state index is -0.272. The molecule has 0 aliphatic carbocycles. The number of anilines is 1. The van der Waals surface area contributed by atoms with Gasteiger partial charge in [0.15, 0.2) is 0 Å². The number of likely N-dealkylation sites (tertiary alicyclic amines) is 1. The van der Waals surface area contributed by atoms with Gasteiger partial charge in [0, 0.05) is 23.8 Å². The monoisotopic (exact) mass is 337 g/mol. The molecule has 2 aromatic rings. The lowest BCUT2D eigenvalue weighted by molar-refractivity contribution is 0.0460. The molecule has 1 aliphatic rings. The van der Waals surface area contributed by atoms with E-state index in [1.807, 2.05) is 36.9 Å². The fourth-order valence-corrected chi connectivity index (χ4v) is 2.98. The molecule has 0 bridgehead atoms. The predicted octanol–water partition coefficient (Wildman–Crippen LogP) is 3.80. The van der Waals surface area contributed by atoms with Crippen LogP contribution in [0.15, 0.2) is 54.6 Å². The maximum Gasteiger partial charge on any atom is 0.319 e. The van der Waals surface area contributed by atoms with Gasteiger partial charge in [0.2, 0.25) is 0 Å². The van der Waals surface area contributed by atoms with Gasteiger partial charge < -0.3 is 15.5 Å². The summed E-state index contributed by atoms with van der Waals surface area (Å²) < 4.78 is 0. The highest BCUT2D eigenvalue weighted by Gasteiger charge is 2.33. The normalized spacial score (nSPS) is 16.3. The zero-order valence-corrected chi connectivity index (χ0v) is 14.5. The van der Waals surface area contributed by atoms with E-state index in [-0.39, 0.29) is 24.0 Å². The van der Waals surface area contributed by atoms with E-state index >= 15 is 0 Å². The largest absolute Gasteiger partial charge is 0.336 e. The average Bonchev–Trinajstić information content (AvgIpc) is 2.54. The lowest BCUT2D eigenvalue weighted by Gasteiger charge is -2.41. The van der Waals surface area contributed by atoms with E-state index in [1.165, 1.54) is 0 Å². The number of nitrogens with zero attached hydrogens (tertiary/aromatic N) is 1. The van der Waals surface area contributed by atoms with Crippen molar-refractivity contribution in [1.82, 2.24) is 10.2 Å². The zero-order valence-electron chi connectivity index (χ0n) is 14.5. The first kappa shape index (κ1) is 17.0. The molecular weight excluding hydrogens is 314 g/mol. The van der Waals surface area contributed by atoms with Gasteiger partial charge in [0.25, 0.3) is 5.91 Å². The van der Waals surface area contributed by atoms with Crippen molar-refractivity contribution in [2.75, 3.05) is 11.9 Å². The molecular formula is C20H23N3O2. The summed E-state index contributed by atoms with van der Waals surface area (Å²) in [4.78, 5) is 26.5. The van der Waals surface area contributed by atoms with Gasteiger partial charge in [-0.05, 0) is 44.0 Å². The van der Waals surface area contributed by atoms with Gasteiger partial charge in [0.05, 0.1) is 6.04 Å². The molecule has 0 unspecified atom stereocenters. The Hall–Kier alpha value is -2.82. The molecule has 1 saturated heterocycles. The van der Waals surface area contributed by atoms with Crippen LogP contribution < -0.4 is 10.6 Å². The lowest BCUT2D eigenvalue weighted by Crippen LogP contribution is -2.45. The van der Waals surface area contributed by atoms with Crippen molar-refractivity contribution in [1.29, 1.82) is 0 Å². The van der Waals surface area contributed by atoms with E-state index in [4.69, 9.17) is 0 Å². The maximum absolute atomic E-state index is 12.8. The van der Waals surface area contributed by atoms with Crippen molar-refractivity contribution in [2.24, 2.45) is 0 Å². The van der Waals surface area contributed by atoms with Gasteiger partial charge >= 0.3 is 6.03 Å². The third kappa shape index (κ3) is 3.99. The Bertz CT molecular complexity index is 759. The van der Waals surface area contributed by atoms with E-state index in [2.05, 4.69) is 22.8 Å². The van der Waals surface area contributed by atoms with E-state index in [1.54, 1.807) is 24.3 Å². The smallest absolute Gasteiger partial charge is 0.319 e. The molecule has 2 N–H and O–H groups in total. The van der Waals surface area contributed by atoms with Crippen molar-refractivity contribution in [3.63, 3.8) is 0 Å². The molecule has 0 saturated carbocycles. The predicted molar refractivity (Wildman–Crippen MR) is 98.6 cm³/mol. The molecule has 1 heterocycles. The molecule has 3 amide bonds. The summed E-state index contributed by atoms with van der Waals surface area (Å²) in [6, 6.07) is 17.1. The molecule has 5 nitrogen and oxygen atoms in total. The minimum absolute atomic E-state index is 0.00646. The van der Waals surface area contributed by atoms with Crippen LogP contribution in [0, 0.1) is 0 Å². The highest BCUT2D eigenvalue weighted by atomic mass is 16.2. The van der Waals surface area contributed by atoms with Gasteiger partial charge in [-0.15, -0.1) is 0 Å². The van der Waals surface area contributed by atoms with Crippen LogP contribution in [0.5, 0.6) is 0 Å². The quantitative estimate of drug-likeness (QED) is 0.891. The van der Waals surface area contributed by atoms with Crippen molar-refractivity contribution in [3.8, 4) is 0 Å². The van der Waals surface area contributed by atoms with Crippen LogP contribution in [0.25, 0.3) is 0 Å². The molecule has 1 aliphatic heterocycles. The Morgan fingerprint density at radius 1 is 1.08 bits per heavy atom. The highest BCUT2D eigenvalue weighted by molar-refractivity contribution is 5.97. The number of carbonyl (C=O) groups is 2. The number of nitrogens with one attached hydrogen (secondary N) is 2. The summed E-state index contributed by atoms with van der Waals surface area (Å²) in [5, 5.41) is 5.53. The van der Waals surface area contributed by atoms with Crippen LogP contribution in [0.4, 0.5) is 10.5 Å². The van der Waals surface area contributed by atoms with Gasteiger partial charge in [-0.2, -0.15) is 0 Å². The summed E-state index contributed by atoms with van der Waals surface area (Å²) >= 11 is 0. The lowest BCUT2D eigenvalue weighted by atomic mass is 9.93. The molecule has 1 fully saturated rings. The molecule has 0 spiro atoms. The summed E-state index contributed by atoms with van der Waals surface area (Å²) in [6.45, 7) is 4.55. The zero-order chi connectivity index (χ0) is 17.8. The molecule has 1 atom stereocenters. The van der Waals surface area contributed by atoms with Gasteiger partial charge in [-0.3, -0.25) is 4.79 Å². The third-order valence-corrected chi connectivity index (χ3v) is 4.25. The Labute approximate surface area is 148 Å². The van der Waals surface area contributed by atoms with Crippen LogP contribution in [-0.2, 0) is 0 Å². The molecule has 25 heavy (non-hydrogen) atoms. The van der Waals surface area contributed by atoms with E-state index in [9.17, 15) is 9.59 Å². The van der Waals surface area contributed by atoms with Crippen LogP contribution in [0.1, 0.15) is 42.2 Å². The second-order valence-electron chi connectivity index (χ2n) is 6.55. The van der Waals surface area contributed by atoms with Crippen molar-refractivity contribution in [3.05, 3.63) is 65.7 Å². The SMILES string of the molecule is CC(C)NC(=O)Nc1cccc(C(=O)N2CC[C@@H]2c2ccccc2)c1. The van der Waals surface area contributed by atoms with Crippen LogP contribution in [-0.4, -0.2) is 29.4 Å². The molecule has 0 aromatic heterocycles. The van der Waals surface area contributed by atoms with Gasteiger partial charge in [-0.1, -0.05) is 36.4 Å². The first-order valence-corrected chi connectivity index (χ1v) is 8.58. The topological polar surface area (TPSA) is 61.4 Å². The molecule has 5 heteroatoms. The fraction of sp³-hybridized carbons (Fsp3) is 0.300. The third-order valence-electron chi connectivity index (χ3n) is 4.25. The number of urea groups is 1. The molecule has 3 rings (SSSR count).